The molecule has 0 aliphatic rings. The van der Waals surface area contributed by atoms with Crippen molar-refractivity contribution in [3.63, 3.8) is 0 Å². The average Bonchev–Trinajstić information content (AvgIpc) is 2.61. The zero-order valence-corrected chi connectivity index (χ0v) is 16.6. The van der Waals surface area contributed by atoms with E-state index in [9.17, 15) is 15.0 Å². The summed E-state index contributed by atoms with van der Waals surface area (Å²) in [6.45, 7) is 4.18. The van der Waals surface area contributed by atoms with E-state index in [1.54, 1.807) is 0 Å². The topological polar surface area (TPSA) is 66.8 Å². The summed E-state index contributed by atoms with van der Waals surface area (Å²) >= 11 is 0. The minimum absolute atomic E-state index is 0.464. The third kappa shape index (κ3) is 15.5. The van der Waals surface area contributed by atoms with Gasteiger partial charge < -0.3 is 19.7 Å². The van der Waals surface area contributed by atoms with Crippen LogP contribution in [-0.4, -0.2) is 41.4 Å². The normalized spacial score (nSPS) is 15.0. The molecule has 4 nitrogen and oxygen atoms in total. The third-order valence-electron chi connectivity index (χ3n) is 4.77. The summed E-state index contributed by atoms with van der Waals surface area (Å²) in [5.41, 5.74) is 0. The van der Waals surface area contributed by atoms with Crippen LogP contribution in [0.3, 0.4) is 0 Å². The van der Waals surface area contributed by atoms with Crippen LogP contribution in [0, 0.1) is 0 Å². The van der Waals surface area contributed by atoms with E-state index in [-0.39, 0.29) is 0 Å². The van der Waals surface area contributed by atoms with Gasteiger partial charge >= 0.3 is 0 Å². The second-order valence-electron chi connectivity index (χ2n) is 7.30. The fraction of sp³-hybridized carbons (Fsp3) is 0.952. The van der Waals surface area contributed by atoms with Gasteiger partial charge in [0.05, 0.1) is 6.10 Å². The van der Waals surface area contributed by atoms with Gasteiger partial charge in [-0.2, -0.15) is 0 Å². The van der Waals surface area contributed by atoms with E-state index in [4.69, 9.17) is 4.74 Å². The Labute approximate surface area is 155 Å². The molecule has 3 atom stereocenters. The quantitative estimate of drug-likeness (QED) is 0.257. The van der Waals surface area contributed by atoms with E-state index in [0.717, 1.165) is 12.8 Å². The standard InChI is InChI=1S/C21H42O4/c1-3-4-5-6-7-8-9-10-11-12-13-14-15-16-17-25-20(18-22)21(24)19(2)23/h18-21,23-24H,3-17H2,1-2H3/t19-,20+,21-/m1/s1. The van der Waals surface area contributed by atoms with Crippen molar-refractivity contribution >= 4 is 6.29 Å². The number of aldehydes is 1. The van der Waals surface area contributed by atoms with Crippen molar-refractivity contribution < 1.29 is 19.7 Å². The number of hydrogen-bond acceptors (Lipinski definition) is 4. The molecule has 0 spiro atoms. The minimum atomic E-state index is -1.14. The van der Waals surface area contributed by atoms with Crippen LogP contribution in [0.15, 0.2) is 0 Å². The first-order valence-electron chi connectivity index (χ1n) is 10.6. The molecule has 0 radical (unpaired) electrons. The third-order valence-corrected chi connectivity index (χ3v) is 4.77. The number of hydrogen-bond donors (Lipinski definition) is 2. The summed E-state index contributed by atoms with van der Waals surface area (Å²) in [4.78, 5) is 10.8. The van der Waals surface area contributed by atoms with E-state index in [2.05, 4.69) is 6.92 Å². The van der Waals surface area contributed by atoms with Crippen LogP contribution in [0.1, 0.15) is 104 Å². The smallest absolute Gasteiger partial charge is 0.151 e. The van der Waals surface area contributed by atoms with Crippen molar-refractivity contribution in [1.82, 2.24) is 0 Å². The van der Waals surface area contributed by atoms with E-state index in [0.29, 0.717) is 12.9 Å². The number of ether oxygens (including phenoxy) is 1. The molecule has 2 N–H and O–H groups in total. The molecule has 0 rings (SSSR count). The highest BCUT2D eigenvalue weighted by Crippen LogP contribution is 2.13. The molecule has 0 fully saturated rings. The van der Waals surface area contributed by atoms with Crippen LogP contribution in [0.25, 0.3) is 0 Å². The molecule has 0 aliphatic heterocycles. The lowest BCUT2D eigenvalue weighted by molar-refractivity contribution is -0.132. The molecule has 0 bridgehead atoms. The molecule has 25 heavy (non-hydrogen) atoms. The molecule has 0 heterocycles. The van der Waals surface area contributed by atoms with Crippen LogP contribution < -0.4 is 0 Å². The van der Waals surface area contributed by atoms with Gasteiger partial charge in [0, 0.05) is 6.61 Å². The predicted octanol–water partition coefficient (Wildman–Crippen LogP) is 4.79. The SMILES string of the molecule is CCCCCCCCCCCCCCCCO[C@@H](C=O)[C@H](O)[C@@H](C)O. The van der Waals surface area contributed by atoms with Crippen molar-refractivity contribution in [2.75, 3.05) is 6.61 Å². The van der Waals surface area contributed by atoms with Crippen LogP contribution in [0.5, 0.6) is 0 Å². The van der Waals surface area contributed by atoms with Crippen molar-refractivity contribution in [3.8, 4) is 0 Å². The van der Waals surface area contributed by atoms with Crippen LogP contribution in [0.4, 0.5) is 0 Å². The van der Waals surface area contributed by atoms with Crippen LogP contribution >= 0.6 is 0 Å². The zero-order valence-electron chi connectivity index (χ0n) is 16.6. The number of aliphatic hydroxyl groups excluding tert-OH is 2. The summed E-state index contributed by atoms with van der Waals surface area (Å²) in [6.07, 6.45) is 15.8. The zero-order chi connectivity index (χ0) is 18.8. The van der Waals surface area contributed by atoms with E-state index in [1.165, 1.54) is 84.0 Å². The maximum Gasteiger partial charge on any atom is 0.151 e. The highest BCUT2D eigenvalue weighted by molar-refractivity contribution is 5.57. The Balaban J connectivity index is 3.27. The molecule has 0 aromatic carbocycles. The number of carbonyl (C=O) groups excluding carboxylic acids is 1. The van der Waals surface area contributed by atoms with Gasteiger partial charge in [0.1, 0.15) is 12.2 Å². The molecule has 0 aromatic heterocycles. The molecule has 4 heteroatoms. The molecule has 0 aromatic rings. The maximum absolute atomic E-state index is 10.8. The van der Waals surface area contributed by atoms with Gasteiger partial charge in [0.25, 0.3) is 0 Å². The molecule has 0 amide bonds. The lowest BCUT2D eigenvalue weighted by atomic mass is 10.0. The summed E-state index contributed by atoms with van der Waals surface area (Å²) in [6, 6.07) is 0. The number of unbranched alkanes of at least 4 members (excludes halogenated alkanes) is 13. The van der Waals surface area contributed by atoms with Crippen molar-refractivity contribution in [2.45, 2.75) is 122 Å². The van der Waals surface area contributed by atoms with Gasteiger partial charge in [0.2, 0.25) is 0 Å². The lowest BCUT2D eigenvalue weighted by Crippen LogP contribution is -2.38. The number of rotatable bonds is 19. The molecule has 0 saturated heterocycles. The van der Waals surface area contributed by atoms with Crippen LogP contribution in [-0.2, 0) is 9.53 Å². The van der Waals surface area contributed by atoms with Gasteiger partial charge in [-0.1, -0.05) is 90.4 Å². The Morgan fingerprint density at radius 1 is 0.760 bits per heavy atom. The number of carbonyl (C=O) groups is 1. The lowest BCUT2D eigenvalue weighted by Gasteiger charge is -2.20. The van der Waals surface area contributed by atoms with Gasteiger partial charge in [-0.25, -0.2) is 0 Å². The van der Waals surface area contributed by atoms with Gasteiger partial charge in [-0.15, -0.1) is 0 Å². The monoisotopic (exact) mass is 358 g/mol. The molecule has 0 unspecified atom stereocenters. The second-order valence-corrected chi connectivity index (χ2v) is 7.30. The molecule has 150 valence electrons. The summed E-state index contributed by atoms with van der Waals surface area (Å²) in [7, 11) is 0. The largest absolute Gasteiger partial charge is 0.391 e. The van der Waals surface area contributed by atoms with E-state index < -0.39 is 18.3 Å². The fourth-order valence-corrected chi connectivity index (χ4v) is 3.01. The molecular formula is C21H42O4. The Morgan fingerprint density at radius 3 is 1.52 bits per heavy atom. The Morgan fingerprint density at radius 2 is 1.16 bits per heavy atom. The van der Waals surface area contributed by atoms with Gasteiger partial charge in [-0.05, 0) is 13.3 Å². The Bertz CT molecular complexity index is 281. The van der Waals surface area contributed by atoms with Crippen molar-refractivity contribution in [3.05, 3.63) is 0 Å². The van der Waals surface area contributed by atoms with E-state index in [1.807, 2.05) is 0 Å². The summed E-state index contributed by atoms with van der Waals surface area (Å²) in [5, 5.41) is 18.9. The second kappa shape index (κ2) is 18.3. The molecular weight excluding hydrogens is 316 g/mol. The minimum Gasteiger partial charge on any atom is -0.391 e. The van der Waals surface area contributed by atoms with Gasteiger partial charge in [-0.3, -0.25) is 0 Å². The predicted molar refractivity (Wildman–Crippen MR) is 104 cm³/mol. The van der Waals surface area contributed by atoms with E-state index >= 15 is 0 Å². The van der Waals surface area contributed by atoms with Gasteiger partial charge in [0.15, 0.2) is 6.29 Å². The average molecular weight is 359 g/mol. The first-order chi connectivity index (χ1) is 12.1. The van der Waals surface area contributed by atoms with Crippen molar-refractivity contribution in [2.24, 2.45) is 0 Å². The molecule has 0 saturated carbocycles. The first kappa shape index (κ1) is 24.6. The number of aliphatic hydroxyl groups is 2. The molecule has 0 aliphatic carbocycles. The Kier molecular flexibility index (Phi) is 18.0. The highest BCUT2D eigenvalue weighted by Gasteiger charge is 2.23. The maximum atomic E-state index is 10.8. The first-order valence-corrected chi connectivity index (χ1v) is 10.6. The summed E-state index contributed by atoms with van der Waals surface area (Å²) in [5.74, 6) is 0. The summed E-state index contributed by atoms with van der Waals surface area (Å²) < 4.78 is 5.34. The van der Waals surface area contributed by atoms with Crippen molar-refractivity contribution in [1.29, 1.82) is 0 Å². The van der Waals surface area contributed by atoms with Crippen LogP contribution in [0.2, 0.25) is 0 Å². The highest BCUT2D eigenvalue weighted by atomic mass is 16.5. The fourth-order valence-electron chi connectivity index (χ4n) is 3.01. The Hall–Kier alpha value is -0.450.